The number of carbonyl (C=O) groups is 3. The lowest BCUT2D eigenvalue weighted by molar-refractivity contribution is -0.167. The Morgan fingerprint density at radius 3 is 2.19 bits per heavy atom. The molecule has 3 rings (SSSR count). The van der Waals surface area contributed by atoms with E-state index in [4.69, 9.17) is 4.84 Å². The lowest BCUT2D eigenvalue weighted by Gasteiger charge is -2.13. The average molecular weight is 379 g/mol. The van der Waals surface area contributed by atoms with E-state index in [1.54, 1.807) is 12.1 Å². The predicted molar refractivity (Wildman–Crippen MR) is 84.7 cm³/mol. The van der Waals surface area contributed by atoms with Crippen molar-refractivity contribution in [1.29, 1.82) is 0 Å². The Kier molecular flexibility index (Phi) is 4.85. The quantitative estimate of drug-likeness (QED) is 0.747. The smallest absolute Gasteiger partial charge is 0.422 e. The zero-order valence-corrected chi connectivity index (χ0v) is 13.7. The molecular weight excluding hydrogens is 367 g/mol. The lowest BCUT2D eigenvalue weighted by atomic mass is 10.1. The van der Waals surface area contributed by atoms with E-state index in [0.717, 1.165) is 0 Å². The van der Waals surface area contributed by atoms with Crippen molar-refractivity contribution in [1.82, 2.24) is 5.06 Å². The van der Waals surface area contributed by atoms with E-state index in [-0.39, 0.29) is 23.3 Å². The van der Waals surface area contributed by atoms with Gasteiger partial charge in [-0.2, -0.15) is 13.2 Å². The van der Waals surface area contributed by atoms with E-state index >= 15 is 0 Å². The van der Waals surface area contributed by atoms with Gasteiger partial charge in [0.15, 0.2) is 6.61 Å². The third-order valence-corrected chi connectivity index (χ3v) is 3.60. The average Bonchev–Trinajstić information content (AvgIpc) is 2.85. The molecule has 0 saturated heterocycles. The molecule has 2 aromatic rings. The molecule has 0 aliphatic carbocycles. The molecular formula is C18H12F3NO5. The third-order valence-electron chi connectivity index (χ3n) is 3.60. The highest BCUT2D eigenvalue weighted by Gasteiger charge is 2.38. The molecule has 0 radical (unpaired) electrons. The Morgan fingerprint density at radius 2 is 1.59 bits per heavy atom. The summed E-state index contributed by atoms with van der Waals surface area (Å²) in [6.07, 6.45) is -4.85. The largest absolute Gasteiger partial charge is 0.484 e. The zero-order valence-electron chi connectivity index (χ0n) is 13.7. The summed E-state index contributed by atoms with van der Waals surface area (Å²) < 4.78 is 41.2. The standard InChI is InChI=1S/C18H12F3NO5/c19-18(20,21)10-26-12-5-3-4-11(8-12)9-15(23)27-22-16(24)13-6-1-2-7-14(13)17(22)25/h1-8H,9-10H2. The molecule has 1 aliphatic rings. The number of halogens is 3. The molecule has 140 valence electrons. The summed E-state index contributed by atoms with van der Waals surface area (Å²) in [4.78, 5) is 41.2. The number of nitrogens with zero attached hydrogens (tertiary/aromatic N) is 1. The molecule has 0 unspecified atom stereocenters. The molecule has 0 atom stereocenters. The number of alkyl halides is 3. The van der Waals surface area contributed by atoms with E-state index in [9.17, 15) is 27.6 Å². The van der Waals surface area contributed by atoms with Gasteiger partial charge >= 0.3 is 12.1 Å². The number of hydroxylamine groups is 2. The van der Waals surface area contributed by atoms with Crippen LogP contribution >= 0.6 is 0 Å². The number of rotatable bonds is 5. The second-order valence-electron chi connectivity index (χ2n) is 5.64. The first-order valence-corrected chi connectivity index (χ1v) is 7.72. The maximum Gasteiger partial charge on any atom is 0.422 e. The molecule has 2 aromatic carbocycles. The van der Waals surface area contributed by atoms with Crippen molar-refractivity contribution in [2.24, 2.45) is 0 Å². The third kappa shape index (κ3) is 4.25. The van der Waals surface area contributed by atoms with E-state index in [1.165, 1.54) is 36.4 Å². The Hall–Kier alpha value is -3.36. The van der Waals surface area contributed by atoms with E-state index in [2.05, 4.69) is 4.74 Å². The maximum absolute atomic E-state index is 12.2. The van der Waals surface area contributed by atoms with Crippen LogP contribution in [0.5, 0.6) is 5.75 Å². The van der Waals surface area contributed by atoms with E-state index in [0.29, 0.717) is 10.6 Å². The fourth-order valence-electron chi connectivity index (χ4n) is 2.46. The number of benzene rings is 2. The number of ether oxygens (including phenoxy) is 1. The van der Waals surface area contributed by atoms with Gasteiger partial charge in [0.25, 0.3) is 11.8 Å². The van der Waals surface area contributed by atoms with Gasteiger partial charge in [-0.05, 0) is 29.8 Å². The van der Waals surface area contributed by atoms with Crippen LogP contribution in [0.3, 0.4) is 0 Å². The van der Waals surface area contributed by atoms with Crippen LogP contribution in [-0.4, -0.2) is 35.6 Å². The molecule has 0 fully saturated rings. The van der Waals surface area contributed by atoms with Crippen LogP contribution in [0.2, 0.25) is 0 Å². The molecule has 1 aliphatic heterocycles. The fourth-order valence-corrected chi connectivity index (χ4v) is 2.46. The Bertz CT molecular complexity index is 875. The SMILES string of the molecule is O=C(Cc1cccc(OCC(F)(F)F)c1)ON1C(=O)c2ccccc2C1=O. The first-order chi connectivity index (χ1) is 12.7. The highest BCUT2D eigenvalue weighted by atomic mass is 19.4. The minimum Gasteiger partial charge on any atom is -0.484 e. The maximum atomic E-state index is 12.2. The van der Waals surface area contributed by atoms with Crippen LogP contribution in [0.25, 0.3) is 0 Å². The molecule has 1 heterocycles. The summed E-state index contributed by atoms with van der Waals surface area (Å²) in [6.45, 7) is -1.46. The Balaban J connectivity index is 1.64. The number of carbonyl (C=O) groups excluding carboxylic acids is 3. The zero-order chi connectivity index (χ0) is 19.6. The van der Waals surface area contributed by atoms with Gasteiger partial charge in [0.05, 0.1) is 17.5 Å². The van der Waals surface area contributed by atoms with Gasteiger partial charge in [0.2, 0.25) is 0 Å². The van der Waals surface area contributed by atoms with Gasteiger partial charge in [-0.1, -0.05) is 29.3 Å². The molecule has 0 N–H and O–H groups in total. The topological polar surface area (TPSA) is 72.9 Å². The van der Waals surface area contributed by atoms with Crippen LogP contribution in [0.15, 0.2) is 48.5 Å². The van der Waals surface area contributed by atoms with Gasteiger partial charge in [-0.15, -0.1) is 0 Å². The molecule has 9 heteroatoms. The molecule has 0 saturated carbocycles. The second-order valence-corrected chi connectivity index (χ2v) is 5.64. The minimum absolute atomic E-state index is 0.0710. The number of hydrogen-bond acceptors (Lipinski definition) is 5. The number of amides is 2. The highest BCUT2D eigenvalue weighted by Crippen LogP contribution is 2.23. The van der Waals surface area contributed by atoms with Gasteiger partial charge in [0.1, 0.15) is 5.75 Å². The van der Waals surface area contributed by atoms with Crippen LogP contribution < -0.4 is 4.74 Å². The fraction of sp³-hybridized carbons (Fsp3) is 0.167. The van der Waals surface area contributed by atoms with Crippen LogP contribution in [0, 0.1) is 0 Å². The molecule has 27 heavy (non-hydrogen) atoms. The van der Waals surface area contributed by atoms with Gasteiger partial charge < -0.3 is 9.57 Å². The summed E-state index contributed by atoms with van der Waals surface area (Å²) >= 11 is 0. The normalized spacial score (nSPS) is 13.5. The van der Waals surface area contributed by atoms with Crippen molar-refractivity contribution in [3.05, 3.63) is 65.2 Å². The van der Waals surface area contributed by atoms with Crippen molar-refractivity contribution in [2.75, 3.05) is 6.61 Å². The van der Waals surface area contributed by atoms with Crippen LogP contribution in [0.4, 0.5) is 13.2 Å². The number of imide groups is 1. The minimum atomic E-state index is -4.49. The second kappa shape index (κ2) is 7.10. The van der Waals surface area contributed by atoms with Crippen molar-refractivity contribution in [3.8, 4) is 5.75 Å². The molecule has 0 aromatic heterocycles. The highest BCUT2D eigenvalue weighted by molar-refractivity contribution is 6.20. The first-order valence-electron chi connectivity index (χ1n) is 7.72. The van der Waals surface area contributed by atoms with Crippen molar-refractivity contribution < 1.29 is 37.1 Å². The van der Waals surface area contributed by atoms with E-state index < -0.39 is 30.6 Å². The molecule has 6 nitrogen and oxygen atoms in total. The summed E-state index contributed by atoms with van der Waals surface area (Å²) in [6, 6.07) is 11.5. The van der Waals surface area contributed by atoms with Crippen molar-refractivity contribution in [3.63, 3.8) is 0 Å². The Morgan fingerprint density at radius 1 is 0.963 bits per heavy atom. The monoisotopic (exact) mass is 379 g/mol. The Labute approximate surface area is 151 Å². The summed E-state index contributed by atoms with van der Waals surface area (Å²) in [5.74, 6) is -2.51. The lowest BCUT2D eigenvalue weighted by Crippen LogP contribution is -2.33. The predicted octanol–water partition coefficient (Wildman–Crippen LogP) is 2.92. The molecule has 0 spiro atoms. The van der Waals surface area contributed by atoms with Crippen molar-refractivity contribution in [2.45, 2.75) is 12.6 Å². The van der Waals surface area contributed by atoms with Gasteiger partial charge in [-0.25, -0.2) is 4.79 Å². The first kappa shape index (κ1) is 18.4. The number of hydrogen-bond donors (Lipinski definition) is 0. The van der Waals surface area contributed by atoms with Crippen molar-refractivity contribution >= 4 is 17.8 Å². The van der Waals surface area contributed by atoms with Crippen LogP contribution in [0.1, 0.15) is 26.3 Å². The number of fused-ring (bicyclic) bond motifs is 1. The molecule has 0 bridgehead atoms. The van der Waals surface area contributed by atoms with Gasteiger partial charge in [-0.3, -0.25) is 9.59 Å². The van der Waals surface area contributed by atoms with Gasteiger partial charge in [0, 0.05) is 0 Å². The van der Waals surface area contributed by atoms with Crippen LogP contribution in [-0.2, 0) is 16.1 Å². The summed E-state index contributed by atoms with van der Waals surface area (Å²) in [5, 5.41) is 0.372. The molecule has 2 amide bonds. The summed E-state index contributed by atoms with van der Waals surface area (Å²) in [7, 11) is 0. The summed E-state index contributed by atoms with van der Waals surface area (Å²) in [5.41, 5.74) is 0.548. The van der Waals surface area contributed by atoms with E-state index in [1.807, 2.05) is 0 Å².